The van der Waals surface area contributed by atoms with Crippen molar-refractivity contribution in [1.29, 1.82) is 0 Å². The molecule has 0 atom stereocenters. The van der Waals surface area contributed by atoms with Crippen molar-refractivity contribution in [3.63, 3.8) is 0 Å². The fourth-order valence-corrected chi connectivity index (χ4v) is 6.05. The maximum Gasteiger partial charge on any atom is 0.242 e. The molecule has 0 radical (unpaired) electrons. The highest BCUT2D eigenvalue weighted by molar-refractivity contribution is 7.89. The van der Waals surface area contributed by atoms with Crippen molar-refractivity contribution in [3.8, 4) is 0 Å². The van der Waals surface area contributed by atoms with E-state index in [9.17, 15) is 8.42 Å². The molecule has 1 aromatic heterocycles. The quantitative estimate of drug-likeness (QED) is 0.872. The molecule has 1 heterocycles. The van der Waals surface area contributed by atoms with Gasteiger partial charge in [0, 0.05) is 17.5 Å². The average molecular weight is 331 g/mol. The minimum atomic E-state index is -3.42. The molecule has 1 aliphatic rings. The van der Waals surface area contributed by atoms with Crippen LogP contribution in [-0.2, 0) is 16.6 Å². The summed E-state index contributed by atoms with van der Waals surface area (Å²) >= 11 is 1.51. The number of hydrogen-bond acceptors (Lipinski definition) is 4. The lowest BCUT2D eigenvalue weighted by Gasteiger charge is -2.34. The van der Waals surface area contributed by atoms with Gasteiger partial charge >= 0.3 is 0 Å². The van der Waals surface area contributed by atoms with Crippen molar-refractivity contribution in [2.45, 2.75) is 63.9 Å². The Morgan fingerprint density at radius 2 is 1.95 bits per heavy atom. The third kappa shape index (κ3) is 4.06. The minimum Gasteiger partial charge on any atom is -0.315 e. The van der Waals surface area contributed by atoms with Crippen molar-refractivity contribution >= 4 is 21.4 Å². The van der Waals surface area contributed by atoms with E-state index in [4.69, 9.17) is 0 Å². The van der Waals surface area contributed by atoms with Gasteiger partial charge in [-0.2, -0.15) is 0 Å². The molecule has 1 fully saturated rings. The molecular weight excluding hydrogens is 304 g/mol. The zero-order valence-corrected chi connectivity index (χ0v) is 15.0. The lowest BCUT2D eigenvalue weighted by atomic mass is 9.76. The standard InChI is InChI=1S/C15H26N2O2S2/c1-11-10-20-13(9-16-4)14(11)21(18,19)17-12-5-7-15(2,3)8-6-12/h10,12,16-17H,5-9H2,1-4H3. The number of sulfonamides is 1. The molecule has 1 saturated carbocycles. The molecule has 0 amide bonds. The van der Waals surface area contributed by atoms with Crippen LogP contribution < -0.4 is 10.0 Å². The van der Waals surface area contributed by atoms with Gasteiger partial charge in [0.2, 0.25) is 10.0 Å². The van der Waals surface area contributed by atoms with Crippen LogP contribution >= 0.6 is 11.3 Å². The zero-order chi connectivity index (χ0) is 15.7. The van der Waals surface area contributed by atoms with Gasteiger partial charge in [-0.05, 0) is 56.0 Å². The maximum absolute atomic E-state index is 12.7. The number of nitrogens with one attached hydrogen (secondary N) is 2. The van der Waals surface area contributed by atoms with Gasteiger partial charge in [-0.25, -0.2) is 13.1 Å². The number of thiophene rings is 1. The molecule has 1 aliphatic carbocycles. The van der Waals surface area contributed by atoms with Gasteiger partial charge in [-0.15, -0.1) is 11.3 Å². The molecule has 6 heteroatoms. The highest BCUT2D eigenvalue weighted by Crippen LogP contribution is 2.36. The van der Waals surface area contributed by atoms with E-state index in [1.807, 2.05) is 19.4 Å². The van der Waals surface area contributed by atoms with Crippen LogP contribution in [0.3, 0.4) is 0 Å². The number of rotatable bonds is 5. The van der Waals surface area contributed by atoms with Crippen molar-refractivity contribution in [2.75, 3.05) is 7.05 Å². The van der Waals surface area contributed by atoms with Gasteiger partial charge in [0.05, 0.1) is 0 Å². The summed E-state index contributed by atoms with van der Waals surface area (Å²) in [5.74, 6) is 0. The largest absolute Gasteiger partial charge is 0.315 e. The summed E-state index contributed by atoms with van der Waals surface area (Å²) in [6, 6.07) is 0.0739. The molecule has 0 spiro atoms. The van der Waals surface area contributed by atoms with Crippen LogP contribution in [0.1, 0.15) is 50.0 Å². The highest BCUT2D eigenvalue weighted by Gasteiger charge is 2.31. The van der Waals surface area contributed by atoms with Crippen molar-refractivity contribution < 1.29 is 8.42 Å². The second-order valence-electron chi connectivity index (χ2n) is 6.76. The Labute approximate surface area is 132 Å². The Kier molecular flexibility index (Phi) is 5.13. The SMILES string of the molecule is CNCc1scc(C)c1S(=O)(=O)NC1CCC(C)(C)CC1. The molecule has 21 heavy (non-hydrogen) atoms. The van der Waals surface area contributed by atoms with Crippen LogP contribution in [0.2, 0.25) is 0 Å². The third-order valence-electron chi connectivity index (χ3n) is 4.26. The molecule has 2 rings (SSSR count). The average Bonchev–Trinajstić information content (AvgIpc) is 2.74. The fraction of sp³-hybridized carbons (Fsp3) is 0.733. The van der Waals surface area contributed by atoms with Gasteiger partial charge in [-0.3, -0.25) is 0 Å². The summed E-state index contributed by atoms with van der Waals surface area (Å²) in [4.78, 5) is 1.37. The van der Waals surface area contributed by atoms with E-state index >= 15 is 0 Å². The second-order valence-corrected chi connectivity index (χ2v) is 9.38. The van der Waals surface area contributed by atoms with E-state index in [0.717, 1.165) is 36.1 Å². The molecular formula is C15H26N2O2S2. The van der Waals surface area contributed by atoms with E-state index in [2.05, 4.69) is 23.9 Å². The Bertz CT molecular complexity index is 581. The summed E-state index contributed by atoms with van der Waals surface area (Å²) in [5.41, 5.74) is 1.19. The molecule has 0 saturated heterocycles. The number of aryl methyl sites for hydroxylation is 1. The minimum absolute atomic E-state index is 0.0739. The molecule has 0 unspecified atom stereocenters. The molecule has 0 aromatic carbocycles. The Morgan fingerprint density at radius 3 is 2.52 bits per heavy atom. The topological polar surface area (TPSA) is 58.2 Å². The molecule has 120 valence electrons. The first-order valence-electron chi connectivity index (χ1n) is 7.49. The van der Waals surface area contributed by atoms with Crippen LogP contribution in [-0.4, -0.2) is 21.5 Å². The van der Waals surface area contributed by atoms with E-state index in [0.29, 0.717) is 16.9 Å². The van der Waals surface area contributed by atoms with E-state index < -0.39 is 10.0 Å². The highest BCUT2D eigenvalue weighted by atomic mass is 32.2. The van der Waals surface area contributed by atoms with E-state index in [-0.39, 0.29) is 6.04 Å². The zero-order valence-electron chi connectivity index (χ0n) is 13.3. The molecule has 0 bridgehead atoms. The van der Waals surface area contributed by atoms with Gasteiger partial charge < -0.3 is 5.32 Å². The first kappa shape index (κ1) is 16.9. The molecule has 4 nitrogen and oxygen atoms in total. The van der Waals surface area contributed by atoms with Crippen LogP contribution in [0, 0.1) is 12.3 Å². The molecule has 0 aliphatic heterocycles. The summed E-state index contributed by atoms with van der Waals surface area (Å²) in [7, 11) is -1.58. The lowest BCUT2D eigenvalue weighted by molar-refractivity contribution is 0.218. The first-order chi connectivity index (χ1) is 9.75. The summed E-state index contributed by atoms with van der Waals surface area (Å²) in [6.07, 6.45) is 4.01. The monoisotopic (exact) mass is 330 g/mol. The second kappa shape index (κ2) is 6.36. The predicted molar refractivity (Wildman–Crippen MR) is 88.2 cm³/mol. The third-order valence-corrected chi connectivity index (χ3v) is 7.24. The first-order valence-corrected chi connectivity index (χ1v) is 9.85. The summed E-state index contributed by atoms with van der Waals surface area (Å²) < 4.78 is 28.3. The number of hydrogen-bond donors (Lipinski definition) is 2. The van der Waals surface area contributed by atoms with E-state index in [1.165, 1.54) is 11.3 Å². The Balaban J connectivity index is 2.14. The summed E-state index contributed by atoms with van der Waals surface area (Å²) in [5, 5.41) is 4.96. The predicted octanol–water partition coefficient (Wildman–Crippen LogP) is 3.02. The van der Waals surface area contributed by atoms with E-state index in [1.54, 1.807) is 0 Å². The summed E-state index contributed by atoms with van der Waals surface area (Å²) in [6.45, 7) is 6.97. The normalized spacial score (nSPS) is 19.8. The Hall–Kier alpha value is -0.430. The molecule has 1 aromatic rings. The Morgan fingerprint density at radius 1 is 1.33 bits per heavy atom. The van der Waals surface area contributed by atoms with Crippen molar-refractivity contribution in [1.82, 2.24) is 10.0 Å². The van der Waals surface area contributed by atoms with Gasteiger partial charge in [0.1, 0.15) is 4.90 Å². The van der Waals surface area contributed by atoms with Crippen molar-refractivity contribution in [2.24, 2.45) is 5.41 Å². The van der Waals surface area contributed by atoms with Gasteiger partial charge in [-0.1, -0.05) is 13.8 Å². The van der Waals surface area contributed by atoms with Crippen molar-refractivity contribution in [3.05, 3.63) is 15.8 Å². The van der Waals surface area contributed by atoms with Gasteiger partial charge in [0.15, 0.2) is 0 Å². The fourth-order valence-electron chi connectivity index (χ4n) is 2.93. The van der Waals surface area contributed by atoms with Gasteiger partial charge in [0.25, 0.3) is 0 Å². The maximum atomic E-state index is 12.7. The smallest absolute Gasteiger partial charge is 0.242 e. The van der Waals surface area contributed by atoms with Crippen LogP contribution in [0.15, 0.2) is 10.3 Å². The lowest BCUT2D eigenvalue weighted by Crippen LogP contribution is -2.39. The van der Waals surface area contributed by atoms with Crippen LogP contribution in [0.4, 0.5) is 0 Å². The molecule has 2 N–H and O–H groups in total. The van der Waals surface area contributed by atoms with Crippen LogP contribution in [0.5, 0.6) is 0 Å². The van der Waals surface area contributed by atoms with Crippen LogP contribution in [0.25, 0.3) is 0 Å².